The van der Waals surface area contributed by atoms with Crippen LogP contribution in [0.5, 0.6) is 5.75 Å². The van der Waals surface area contributed by atoms with Crippen LogP contribution in [0.4, 0.5) is 10.1 Å². The molecule has 2 N–H and O–H groups in total. The topological polar surface area (TPSA) is 41.5 Å². The van der Waals surface area contributed by atoms with Gasteiger partial charge in [-0.15, -0.1) is 0 Å². The van der Waals surface area contributed by atoms with Crippen LogP contribution in [0.2, 0.25) is 0 Å². The highest BCUT2D eigenvalue weighted by atomic mass is 19.1. The quantitative estimate of drug-likeness (QED) is 0.851. The highest BCUT2D eigenvalue weighted by molar-refractivity contribution is 5.49. The molecule has 1 fully saturated rings. The van der Waals surface area contributed by atoms with Crippen LogP contribution in [0.15, 0.2) is 18.2 Å². The van der Waals surface area contributed by atoms with Crippen molar-refractivity contribution in [2.24, 2.45) is 0 Å². The van der Waals surface area contributed by atoms with E-state index in [2.05, 4.69) is 5.32 Å². The van der Waals surface area contributed by atoms with E-state index in [1.54, 1.807) is 12.1 Å². The van der Waals surface area contributed by atoms with Gasteiger partial charge in [0.15, 0.2) is 11.6 Å². The third-order valence-electron chi connectivity index (χ3n) is 3.23. The van der Waals surface area contributed by atoms with E-state index >= 15 is 0 Å². The minimum atomic E-state index is -0.373. The minimum absolute atomic E-state index is 0.0546. The summed E-state index contributed by atoms with van der Waals surface area (Å²) in [5, 5.41) is 13.1. The normalized spacial score (nSPS) is 24.4. The molecule has 2 atom stereocenters. The number of methoxy groups -OCH3 is 1. The second-order valence-corrected chi connectivity index (χ2v) is 4.45. The second-order valence-electron chi connectivity index (χ2n) is 4.45. The van der Waals surface area contributed by atoms with E-state index in [9.17, 15) is 9.50 Å². The van der Waals surface area contributed by atoms with Gasteiger partial charge in [-0.3, -0.25) is 0 Å². The predicted octanol–water partition coefficient (Wildman–Crippen LogP) is 2.55. The molecule has 0 amide bonds. The van der Waals surface area contributed by atoms with E-state index in [1.807, 2.05) is 0 Å². The second kappa shape index (κ2) is 5.36. The Kier molecular flexibility index (Phi) is 3.84. The van der Waals surface area contributed by atoms with Crippen LogP contribution < -0.4 is 10.1 Å². The highest BCUT2D eigenvalue weighted by Crippen LogP contribution is 2.25. The van der Waals surface area contributed by atoms with Crippen molar-refractivity contribution >= 4 is 5.69 Å². The number of aliphatic hydroxyl groups excluding tert-OH is 1. The van der Waals surface area contributed by atoms with Gasteiger partial charge in [-0.2, -0.15) is 0 Å². The van der Waals surface area contributed by atoms with Gasteiger partial charge in [-0.05, 0) is 25.0 Å². The molecule has 0 aliphatic heterocycles. The molecular weight excluding hydrogens is 221 g/mol. The van der Waals surface area contributed by atoms with E-state index in [-0.39, 0.29) is 23.7 Å². The average molecular weight is 239 g/mol. The maximum atomic E-state index is 13.2. The molecule has 94 valence electrons. The van der Waals surface area contributed by atoms with Crippen LogP contribution in [-0.2, 0) is 0 Å². The van der Waals surface area contributed by atoms with Gasteiger partial charge in [0.1, 0.15) is 0 Å². The molecule has 1 aliphatic rings. The van der Waals surface area contributed by atoms with Crippen molar-refractivity contribution in [2.45, 2.75) is 37.8 Å². The predicted molar refractivity (Wildman–Crippen MR) is 64.8 cm³/mol. The zero-order valence-corrected chi connectivity index (χ0v) is 9.95. The molecule has 0 heterocycles. The van der Waals surface area contributed by atoms with E-state index in [4.69, 9.17) is 4.74 Å². The number of rotatable bonds is 3. The molecule has 17 heavy (non-hydrogen) atoms. The van der Waals surface area contributed by atoms with E-state index in [1.165, 1.54) is 13.2 Å². The molecule has 1 aromatic rings. The summed E-state index contributed by atoms with van der Waals surface area (Å²) in [6.45, 7) is 0. The van der Waals surface area contributed by atoms with Crippen LogP contribution in [0.3, 0.4) is 0 Å². The molecule has 3 nitrogen and oxygen atoms in total. The molecule has 0 radical (unpaired) electrons. The summed E-state index contributed by atoms with van der Waals surface area (Å²) in [5.74, 6) is -0.150. The average Bonchev–Trinajstić information content (AvgIpc) is 2.34. The first-order valence-electron chi connectivity index (χ1n) is 5.99. The Balaban J connectivity index is 2.07. The number of hydrogen-bond donors (Lipinski definition) is 2. The number of benzene rings is 1. The van der Waals surface area contributed by atoms with E-state index < -0.39 is 0 Å². The number of hydrogen-bond acceptors (Lipinski definition) is 3. The summed E-state index contributed by atoms with van der Waals surface area (Å²) < 4.78 is 18.1. The minimum Gasteiger partial charge on any atom is -0.494 e. The molecule has 0 bridgehead atoms. The zero-order valence-electron chi connectivity index (χ0n) is 9.95. The molecule has 4 heteroatoms. The van der Waals surface area contributed by atoms with Gasteiger partial charge in [0.25, 0.3) is 0 Å². The summed E-state index contributed by atoms with van der Waals surface area (Å²) >= 11 is 0. The van der Waals surface area contributed by atoms with Gasteiger partial charge in [-0.1, -0.05) is 12.8 Å². The lowest BCUT2D eigenvalue weighted by atomic mass is 9.92. The number of anilines is 1. The summed E-state index contributed by atoms with van der Waals surface area (Å²) in [5.41, 5.74) is 0.786. The first kappa shape index (κ1) is 12.2. The Morgan fingerprint density at radius 1 is 1.35 bits per heavy atom. The Morgan fingerprint density at radius 3 is 2.82 bits per heavy atom. The van der Waals surface area contributed by atoms with Crippen molar-refractivity contribution < 1.29 is 14.2 Å². The van der Waals surface area contributed by atoms with Crippen LogP contribution in [0.25, 0.3) is 0 Å². The summed E-state index contributed by atoms with van der Waals surface area (Å²) in [6.07, 6.45) is 3.65. The number of ether oxygens (including phenoxy) is 1. The van der Waals surface area contributed by atoms with Crippen molar-refractivity contribution in [3.8, 4) is 5.75 Å². The Bertz CT molecular complexity index is 384. The number of halogens is 1. The Labute approximate surface area is 101 Å². The summed E-state index contributed by atoms with van der Waals surface area (Å²) in [6, 6.07) is 4.71. The highest BCUT2D eigenvalue weighted by Gasteiger charge is 2.22. The smallest absolute Gasteiger partial charge is 0.165 e. The Morgan fingerprint density at radius 2 is 2.12 bits per heavy atom. The fraction of sp³-hybridized carbons (Fsp3) is 0.538. The standard InChI is InChI=1S/C13H18FNO2/c1-17-13-8-9(6-7-10(13)14)15-11-4-2-3-5-12(11)16/h6-8,11-12,15-16H,2-5H2,1H3/t11-,12-/m0/s1. The first-order valence-corrected chi connectivity index (χ1v) is 5.99. The molecule has 0 saturated heterocycles. The van der Waals surface area contributed by atoms with Gasteiger partial charge >= 0.3 is 0 Å². The summed E-state index contributed by atoms with van der Waals surface area (Å²) in [7, 11) is 1.44. The monoisotopic (exact) mass is 239 g/mol. The van der Waals surface area contributed by atoms with Crippen molar-refractivity contribution in [3.05, 3.63) is 24.0 Å². The van der Waals surface area contributed by atoms with Gasteiger partial charge in [0, 0.05) is 11.8 Å². The maximum Gasteiger partial charge on any atom is 0.165 e. The van der Waals surface area contributed by atoms with Gasteiger partial charge in [0.05, 0.1) is 19.3 Å². The molecule has 1 aliphatic carbocycles. The molecule has 1 aromatic carbocycles. The first-order chi connectivity index (χ1) is 8.20. The third-order valence-corrected chi connectivity index (χ3v) is 3.23. The van der Waals surface area contributed by atoms with Crippen molar-refractivity contribution in [1.29, 1.82) is 0 Å². The van der Waals surface area contributed by atoms with Crippen molar-refractivity contribution in [3.63, 3.8) is 0 Å². The molecule has 0 spiro atoms. The van der Waals surface area contributed by atoms with Crippen LogP contribution in [-0.4, -0.2) is 24.4 Å². The van der Waals surface area contributed by atoms with Crippen LogP contribution in [0, 0.1) is 5.82 Å². The molecule has 0 aromatic heterocycles. The molecule has 0 unspecified atom stereocenters. The zero-order chi connectivity index (χ0) is 12.3. The fourth-order valence-electron chi connectivity index (χ4n) is 2.24. The van der Waals surface area contributed by atoms with E-state index in [0.29, 0.717) is 0 Å². The van der Waals surface area contributed by atoms with Gasteiger partial charge in [0.2, 0.25) is 0 Å². The van der Waals surface area contributed by atoms with Crippen molar-refractivity contribution in [2.75, 3.05) is 12.4 Å². The van der Waals surface area contributed by atoms with E-state index in [0.717, 1.165) is 31.4 Å². The molecular formula is C13H18FNO2. The van der Waals surface area contributed by atoms with Crippen LogP contribution in [0.1, 0.15) is 25.7 Å². The fourth-order valence-corrected chi connectivity index (χ4v) is 2.24. The van der Waals surface area contributed by atoms with Crippen molar-refractivity contribution in [1.82, 2.24) is 0 Å². The lowest BCUT2D eigenvalue weighted by molar-refractivity contribution is 0.116. The van der Waals surface area contributed by atoms with Gasteiger partial charge < -0.3 is 15.2 Å². The largest absolute Gasteiger partial charge is 0.494 e. The molecule has 2 rings (SSSR count). The lowest BCUT2D eigenvalue weighted by Crippen LogP contribution is -2.36. The number of nitrogens with one attached hydrogen (secondary N) is 1. The third kappa shape index (κ3) is 2.88. The lowest BCUT2D eigenvalue weighted by Gasteiger charge is -2.29. The number of aliphatic hydroxyl groups is 1. The molecule has 1 saturated carbocycles. The van der Waals surface area contributed by atoms with Gasteiger partial charge in [-0.25, -0.2) is 4.39 Å². The SMILES string of the molecule is COc1cc(N[C@H]2CCCC[C@@H]2O)ccc1F. The maximum absolute atomic E-state index is 13.2. The van der Waals surface area contributed by atoms with Crippen LogP contribution >= 0.6 is 0 Å². The Hall–Kier alpha value is -1.29. The summed E-state index contributed by atoms with van der Waals surface area (Å²) in [4.78, 5) is 0.